The van der Waals surface area contributed by atoms with Crippen LogP contribution in [-0.2, 0) is 29.0 Å². The van der Waals surface area contributed by atoms with Crippen molar-refractivity contribution >= 4 is 23.3 Å². The minimum Gasteiger partial charge on any atom is -0.481 e. The van der Waals surface area contributed by atoms with Gasteiger partial charge in [0.1, 0.15) is 6.61 Å². The normalized spacial score (nSPS) is 15.3. The molecule has 0 bridgehead atoms. The topological polar surface area (TPSA) is 70.9 Å². The summed E-state index contributed by atoms with van der Waals surface area (Å²) in [6.45, 7) is 2.41. The predicted octanol–water partition coefficient (Wildman–Crippen LogP) is 6.91. The van der Waals surface area contributed by atoms with Crippen LogP contribution in [0.2, 0.25) is 5.02 Å². The Morgan fingerprint density at radius 2 is 1.91 bits per heavy atom. The molecule has 0 unspecified atom stereocenters. The Balaban J connectivity index is 1.63. The first-order valence-corrected chi connectivity index (χ1v) is 12.1. The summed E-state index contributed by atoms with van der Waals surface area (Å²) in [7, 11) is 0. The van der Waals surface area contributed by atoms with Crippen LogP contribution in [0.1, 0.15) is 79.2 Å². The quantitative estimate of drug-likeness (QED) is 0.207. The third-order valence-corrected chi connectivity index (χ3v) is 6.55. The van der Waals surface area contributed by atoms with E-state index in [1.165, 1.54) is 6.07 Å². The lowest BCUT2D eigenvalue weighted by atomic mass is 9.81. The molecule has 190 valence electrons. The number of carbonyl (C=O) groups is 1. The summed E-state index contributed by atoms with van der Waals surface area (Å²) in [5.74, 6) is -0.920. The molecule has 0 amide bonds. The van der Waals surface area contributed by atoms with Crippen LogP contribution in [0.4, 0.5) is 13.2 Å². The lowest BCUT2D eigenvalue weighted by molar-refractivity contribution is -0.139. The van der Waals surface area contributed by atoms with Crippen LogP contribution in [0, 0.1) is 0 Å². The molecule has 2 N–H and O–H groups in total. The SMILES string of the molecule is CC(=NOCc1ccc(C2CCCCC2)c(C(F)(F)F)c1)c1ccc(CNCCC(=O)O)c(Cl)c1. The molecule has 2 aromatic carbocycles. The summed E-state index contributed by atoms with van der Waals surface area (Å²) < 4.78 is 41.2. The van der Waals surface area contributed by atoms with E-state index in [4.69, 9.17) is 21.5 Å². The summed E-state index contributed by atoms with van der Waals surface area (Å²) in [5.41, 5.74) is 2.28. The summed E-state index contributed by atoms with van der Waals surface area (Å²) in [6.07, 6.45) is 0.207. The van der Waals surface area contributed by atoms with Crippen molar-refractivity contribution in [2.45, 2.75) is 70.7 Å². The van der Waals surface area contributed by atoms with E-state index < -0.39 is 17.7 Å². The van der Waals surface area contributed by atoms with Gasteiger partial charge in [0.2, 0.25) is 0 Å². The van der Waals surface area contributed by atoms with Gasteiger partial charge in [-0.25, -0.2) is 0 Å². The molecule has 1 saturated carbocycles. The van der Waals surface area contributed by atoms with Crippen LogP contribution in [-0.4, -0.2) is 23.3 Å². The first-order chi connectivity index (χ1) is 16.6. The molecule has 0 spiro atoms. The second-order valence-corrected chi connectivity index (χ2v) is 9.24. The van der Waals surface area contributed by atoms with Gasteiger partial charge in [0, 0.05) is 23.7 Å². The van der Waals surface area contributed by atoms with Gasteiger partial charge in [0.25, 0.3) is 0 Å². The van der Waals surface area contributed by atoms with E-state index in [2.05, 4.69) is 10.5 Å². The van der Waals surface area contributed by atoms with E-state index in [-0.39, 0.29) is 18.9 Å². The number of carboxylic acids is 1. The lowest BCUT2D eigenvalue weighted by Gasteiger charge is -2.25. The monoisotopic (exact) mass is 510 g/mol. The Morgan fingerprint density at radius 1 is 1.17 bits per heavy atom. The van der Waals surface area contributed by atoms with Crippen molar-refractivity contribution in [2.75, 3.05) is 6.54 Å². The third-order valence-electron chi connectivity index (χ3n) is 6.20. The molecule has 0 aromatic heterocycles. The van der Waals surface area contributed by atoms with Gasteiger partial charge in [-0.3, -0.25) is 4.79 Å². The number of rotatable bonds is 10. The van der Waals surface area contributed by atoms with Crippen molar-refractivity contribution in [3.63, 3.8) is 0 Å². The summed E-state index contributed by atoms with van der Waals surface area (Å²) in [4.78, 5) is 15.9. The molecule has 0 atom stereocenters. The van der Waals surface area contributed by atoms with Gasteiger partial charge in [-0.05, 0) is 54.5 Å². The van der Waals surface area contributed by atoms with E-state index in [1.54, 1.807) is 25.1 Å². The van der Waals surface area contributed by atoms with Gasteiger partial charge >= 0.3 is 12.1 Å². The van der Waals surface area contributed by atoms with Crippen molar-refractivity contribution in [2.24, 2.45) is 5.16 Å². The smallest absolute Gasteiger partial charge is 0.416 e. The molecular weight excluding hydrogens is 481 g/mol. The molecule has 9 heteroatoms. The van der Waals surface area contributed by atoms with Gasteiger partial charge < -0.3 is 15.3 Å². The number of nitrogens with zero attached hydrogens (tertiary/aromatic N) is 1. The van der Waals surface area contributed by atoms with Crippen LogP contribution in [0.3, 0.4) is 0 Å². The maximum Gasteiger partial charge on any atom is 0.416 e. The zero-order chi connectivity index (χ0) is 25.4. The molecule has 2 aromatic rings. The highest BCUT2D eigenvalue weighted by atomic mass is 35.5. The summed E-state index contributed by atoms with van der Waals surface area (Å²) in [5, 5.41) is 16.2. The Labute approximate surface area is 208 Å². The largest absolute Gasteiger partial charge is 0.481 e. The molecular formula is C26H30ClF3N2O3. The molecule has 1 aliphatic carbocycles. The zero-order valence-electron chi connectivity index (χ0n) is 19.6. The number of aliphatic carboxylic acids is 1. The maximum atomic E-state index is 13.7. The number of oxime groups is 1. The van der Waals surface area contributed by atoms with E-state index in [1.807, 2.05) is 12.1 Å². The number of alkyl halides is 3. The molecule has 0 heterocycles. The lowest BCUT2D eigenvalue weighted by Crippen LogP contribution is -2.17. The second-order valence-electron chi connectivity index (χ2n) is 8.83. The number of benzene rings is 2. The number of hydrogen-bond donors (Lipinski definition) is 2. The van der Waals surface area contributed by atoms with Crippen molar-refractivity contribution in [1.82, 2.24) is 5.32 Å². The predicted molar refractivity (Wildman–Crippen MR) is 130 cm³/mol. The van der Waals surface area contributed by atoms with Crippen LogP contribution in [0.25, 0.3) is 0 Å². The van der Waals surface area contributed by atoms with Crippen LogP contribution in [0.15, 0.2) is 41.6 Å². The molecule has 1 aliphatic rings. The standard InChI is InChI=1S/C26H30ClF3N2O3/c1-17(20-8-9-21(24(27)14-20)15-31-12-11-25(33)34)32-35-16-18-7-10-22(19-5-3-2-4-6-19)23(13-18)26(28,29)30/h7-10,13-14,19,31H,2-6,11-12,15-16H2,1H3,(H,33,34). The van der Waals surface area contributed by atoms with Crippen molar-refractivity contribution in [3.05, 3.63) is 69.2 Å². The van der Waals surface area contributed by atoms with E-state index in [9.17, 15) is 18.0 Å². The van der Waals surface area contributed by atoms with Crippen molar-refractivity contribution in [3.8, 4) is 0 Å². The first kappa shape index (κ1) is 27.0. The Morgan fingerprint density at radius 3 is 2.57 bits per heavy atom. The Kier molecular flexibility index (Phi) is 9.57. The van der Waals surface area contributed by atoms with Crippen LogP contribution in [0.5, 0.6) is 0 Å². The van der Waals surface area contributed by atoms with Gasteiger partial charge in [-0.1, -0.05) is 60.3 Å². The zero-order valence-corrected chi connectivity index (χ0v) is 20.4. The Hall–Kier alpha value is -2.58. The molecule has 0 aliphatic heterocycles. The third kappa shape index (κ3) is 7.97. The van der Waals surface area contributed by atoms with Crippen molar-refractivity contribution < 1.29 is 27.9 Å². The molecule has 5 nitrogen and oxygen atoms in total. The number of carboxylic acid groups (broad SMARTS) is 1. The first-order valence-electron chi connectivity index (χ1n) is 11.7. The molecule has 1 fully saturated rings. The van der Waals surface area contributed by atoms with E-state index in [0.717, 1.165) is 37.7 Å². The van der Waals surface area contributed by atoms with Gasteiger partial charge in [-0.15, -0.1) is 0 Å². The fourth-order valence-electron chi connectivity index (χ4n) is 4.30. The highest BCUT2D eigenvalue weighted by Gasteiger charge is 2.35. The minimum atomic E-state index is -4.41. The Bertz CT molecular complexity index is 1050. The maximum absolute atomic E-state index is 13.7. The second kappa shape index (κ2) is 12.4. The molecule has 3 rings (SSSR count). The van der Waals surface area contributed by atoms with Gasteiger partial charge in [-0.2, -0.15) is 13.2 Å². The average Bonchev–Trinajstić information content (AvgIpc) is 2.82. The average molecular weight is 511 g/mol. The molecule has 35 heavy (non-hydrogen) atoms. The highest BCUT2D eigenvalue weighted by Crippen LogP contribution is 2.41. The molecule has 0 saturated heterocycles. The summed E-state index contributed by atoms with van der Waals surface area (Å²) in [6, 6.07) is 9.80. The van der Waals surface area contributed by atoms with Gasteiger partial charge in [0.15, 0.2) is 0 Å². The number of nitrogens with one attached hydrogen (secondary N) is 1. The van der Waals surface area contributed by atoms with Crippen LogP contribution < -0.4 is 5.32 Å². The fraction of sp³-hybridized carbons (Fsp3) is 0.462. The van der Waals surface area contributed by atoms with Gasteiger partial charge in [0.05, 0.1) is 17.7 Å². The van der Waals surface area contributed by atoms with Crippen molar-refractivity contribution in [1.29, 1.82) is 0 Å². The summed E-state index contributed by atoms with van der Waals surface area (Å²) >= 11 is 6.33. The fourth-order valence-corrected chi connectivity index (χ4v) is 4.55. The highest BCUT2D eigenvalue weighted by molar-refractivity contribution is 6.31. The number of halogens is 4. The van der Waals surface area contributed by atoms with E-state index >= 15 is 0 Å². The minimum absolute atomic E-state index is 0.0204. The number of hydrogen-bond acceptors (Lipinski definition) is 4. The van der Waals surface area contributed by atoms with E-state index in [0.29, 0.717) is 40.5 Å². The van der Waals surface area contributed by atoms with Crippen LogP contribution >= 0.6 is 11.6 Å². The molecule has 0 radical (unpaired) electrons.